The van der Waals surface area contributed by atoms with Crippen LogP contribution in [0.5, 0.6) is 0 Å². The first kappa shape index (κ1) is 13.3. The van der Waals surface area contributed by atoms with Gasteiger partial charge in [-0.25, -0.2) is 9.18 Å². The molecule has 0 aliphatic carbocycles. The summed E-state index contributed by atoms with van der Waals surface area (Å²) in [6.45, 7) is 2.25. The normalized spacial score (nSPS) is 10.6. The van der Waals surface area contributed by atoms with E-state index in [4.69, 9.17) is 5.11 Å². The van der Waals surface area contributed by atoms with Crippen LogP contribution >= 0.6 is 0 Å². The van der Waals surface area contributed by atoms with Crippen molar-refractivity contribution in [3.63, 3.8) is 0 Å². The van der Waals surface area contributed by atoms with Gasteiger partial charge in [-0.05, 0) is 18.6 Å². The minimum atomic E-state index is -1.07. The van der Waals surface area contributed by atoms with Gasteiger partial charge in [-0.3, -0.25) is 4.68 Å². The maximum atomic E-state index is 13.6. The first-order chi connectivity index (χ1) is 9.11. The van der Waals surface area contributed by atoms with Crippen molar-refractivity contribution in [2.75, 3.05) is 0 Å². The Bertz CT molecular complexity index is 593. The summed E-state index contributed by atoms with van der Waals surface area (Å²) in [5.41, 5.74) is 1.31. The molecule has 0 amide bonds. The van der Waals surface area contributed by atoms with Gasteiger partial charge in [0.1, 0.15) is 5.82 Å². The molecule has 2 rings (SSSR count). The van der Waals surface area contributed by atoms with Crippen LogP contribution in [0.3, 0.4) is 0 Å². The maximum Gasteiger partial charge on any atom is 0.356 e. The third kappa shape index (κ3) is 2.99. The second-order valence-corrected chi connectivity index (χ2v) is 4.33. The minimum Gasteiger partial charge on any atom is -0.476 e. The Hall–Kier alpha value is -2.17. The van der Waals surface area contributed by atoms with Crippen LogP contribution in [0.4, 0.5) is 4.39 Å². The topological polar surface area (TPSA) is 55.1 Å². The molecule has 1 N–H and O–H groups in total. The Morgan fingerprint density at radius 1 is 1.42 bits per heavy atom. The molecule has 4 nitrogen and oxygen atoms in total. The van der Waals surface area contributed by atoms with Crippen LogP contribution in [0, 0.1) is 5.82 Å². The molecule has 1 heterocycles. The number of carboxylic acids is 1. The van der Waals surface area contributed by atoms with Crippen molar-refractivity contribution in [1.82, 2.24) is 9.78 Å². The first-order valence-corrected chi connectivity index (χ1v) is 6.15. The Morgan fingerprint density at radius 3 is 2.79 bits per heavy atom. The van der Waals surface area contributed by atoms with Crippen LogP contribution in [0.1, 0.15) is 35.1 Å². The predicted molar refractivity (Wildman–Crippen MR) is 68.7 cm³/mol. The number of carboxylic acid groups (broad SMARTS) is 1. The number of benzene rings is 1. The van der Waals surface area contributed by atoms with Crippen LogP contribution in [-0.2, 0) is 13.0 Å². The van der Waals surface area contributed by atoms with E-state index in [2.05, 4.69) is 5.10 Å². The summed E-state index contributed by atoms with van der Waals surface area (Å²) in [7, 11) is 0. The average molecular weight is 262 g/mol. The molecule has 0 saturated heterocycles. The quantitative estimate of drug-likeness (QED) is 0.901. The van der Waals surface area contributed by atoms with Crippen molar-refractivity contribution < 1.29 is 14.3 Å². The lowest BCUT2D eigenvalue weighted by molar-refractivity contribution is 0.0689. The fraction of sp³-hybridized carbons (Fsp3) is 0.286. The van der Waals surface area contributed by atoms with E-state index < -0.39 is 5.97 Å². The first-order valence-electron chi connectivity index (χ1n) is 6.15. The summed E-state index contributed by atoms with van der Waals surface area (Å²) in [6, 6.07) is 7.98. The van der Waals surface area contributed by atoms with Crippen LogP contribution in [0.15, 0.2) is 30.3 Å². The number of nitrogens with zero attached hydrogens (tertiary/aromatic N) is 2. The second-order valence-electron chi connectivity index (χ2n) is 4.33. The van der Waals surface area contributed by atoms with Crippen LogP contribution in [-0.4, -0.2) is 20.9 Å². The van der Waals surface area contributed by atoms with Gasteiger partial charge < -0.3 is 5.11 Å². The molecule has 0 fully saturated rings. The smallest absolute Gasteiger partial charge is 0.356 e. The molecule has 1 aromatic heterocycles. The van der Waals surface area contributed by atoms with Crippen molar-refractivity contribution >= 4 is 5.97 Å². The molecule has 0 saturated carbocycles. The van der Waals surface area contributed by atoms with Crippen molar-refractivity contribution in [3.8, 4) is 0 Å². The van der Waals surface area contributed by atoms with Crippen molar-refractivity contribution in [3.05, 3.63) is 53.1 Å². The molecule has 0 aliphatic heterocycles. The molecule has 0 bridgehead atoms. The van der Waals surface area contributed by atoms with Gasteiger partial charge in [-0.1, -0.05) is 31.5 Å². The summed E-state index contributed by atoms with van der Waals surface area (Å²) in [5.74, 6) is -1.37. The van der Waals surface area contributed by atoms with Gasteiger partial charge in [0.2, 0.25) is 0 Å². The molecule has 2 aromatic rings. The van der Waals surface area contributed by atoms with E-state index in [1.165, 1.54) is 6.07 Å². The molecule has 0 atom stereocenters. The van der Waals surface area contributed by atoms with Gasteiger partial charge in [-0.15, -0.1) is 0 Å². The van der Waals surface area contributed by atoms with Gasteiger partial charge >= 0.3 is 5.97 Å². The number of aryl methyl sites for hydroxylation is 1. The minimum absolute atomic E-state index is 0.000195. The monoisotopic (exact) mass is 262 g/mol. The number of hydrogen-bond donors (Lipinski definition) is 1. The largest absolute Gasteiger partial charge is 0.476 e. The van der Waals surface area contributed by atoms with Crippen molar-refractivity contribution in [1.29, 1.82) is 0 Å². The zero-order valence-corrected chi connectivity index (χ0v) is 10.6. The van der Waals surface area contributed by atoms with Crippen molar-refractivity contribution in [2.45, 2.75) is 26.3 Å². The highest BCUT2D eigenvalue weighted by Gasteiger charge is 2.13. The zero-order valence-electron chi connectivity index (χ0n) is 10.6. The second kappa shape index (κ2) is 5.65. The number of halogens is 1. The average Bonchev–Trinajstić information content (AvgIpc) is 2.76. The Balaban J connectivity index is 2.33. The van der Waals surface area contributed by atoms with Crippen LogP contribution in [0.25, 0.3) is 0 Å². The molecule has 5 heteroatoms. The highest BCUT2D eigenvalue weighted by molar-refractivity contribution is 5.85. The fourth-order valence-electron chi connectivity index (χ4n) is 1.94. The zero-order chi connectivity index (χ0) is 13.8. The molecular weight excluding hydrogens is 247 g/mol. The van der Waals surface area contributed by atoms with Gasteiger partial charge in [-0.2, -0.15) is 5.10 Å². The molecule has 0 spiro atoms. The molecule has 0 radical (unpaired) electrons. The maximum absolute atomic E-state index is 13.6. The van der Waals surface area contributed by atoms with Crippen LogP contribution < -0.4 is 0 Å². The van der Waals surface area contributed by atoms with E-state index >= 15 is 0 Å². The number of carbonyl (C=O) groups is 1. The van der Waals surface area contributed by atoms with E-state index in [1.807, 2.05) is 6.92 Å². The van der Waals surface area contributed by atoms with Crippen molar-refractivity contribution in [2.24, 2.45) is 0 Å². The summed E-state index contributed by atoms with van der Waals surface area (Å²) < 4.78 is 15.2. The molecule has 19 heavy (non-hydrogen) atoms. The number of aromatic nitrogens is 2. The Labute approximate surface area is 110 Å². The summed E-state index contributed by atoms with van der Waals surface area (Å²) >= 11 is 0. The van der Waals surface area contributed by atoms with Gasteiger partial charge in [0.15, 0.2) is 5.69 Å². The lowest BCUT2D eigenvalue weighted by Crippen LogP contribution is -2.08. The highest BCUT2D eigenvalue weighted by atomic mass is 19.1. The summed E-state index contributed by atoms with van der Waals surface area (Å²) in [5, 5.41) is 13.0. The third-order valence-corrected chi connectivity index (χ3v) is 2.87. The molecular formula is C14H15FN2O2. The third-order valence-electron chi connectivity index (χ3n) is 2.87. The van der Waals surface area contributed by atoms with Crippen LogP contribution in [0.2, 0.25) is 0 Å². The Morgan fingerprint density at radius 2 is 2.16 bits per heavy atom. The molecule has 100 valence electrons. The van der Waals surface area contributed by atoms with E-state index in [1.54, 1.807) is 28.9 Å². The predicted octanol–water partition coefficient (Wildman–Crippen LogP) is 2.72. The molecule has 1 aromatic carbocycles. The van der Waals surface area contributed by atoms with Gasteiger partial charge in [0.25, 0.3) is 0 Å². The van der Waals surface area contributed by atoms with Gasteiger partial charge in [0.05, 0.1) is 6.54 Å². The molecule has 0 aliphatic rings. The number of aromatic carboxylic acids is 1. The lowest BCUT2D eigenvalue weighted by Gasteiger charge is -2.07. The number of hydrogen-bond acceptors (Lipinski definition) is 2. The summed E-state index contributed by atoms with van der Waals surface area (Å²) in [6.07, 6.45) is 1.59. The summed E-state index contributed by atoms with van der Waals surface area (Å²) in [4.78, 5) is 10.9. The highest BCUT2D eigenvalue weighted by Crippen LogP contribution is 2.13. The van der Waals surface area contributed by atoms with E-state index in [0.29, 0.717) is 12.0 Å². The standard InChI is InChI=1S/C14H15FN2O2/c1-2-5-11-8-13(14(18)19)16-17(11)9-10-6-3-4-7-12(10)15/h3-4,6-8H,2,5,9H2,1H3,(H,18,19). The van der Waals surface area contributed by atoms with E-state index in [-0.39, 0.29) is 18.1 Å². The Kier molecular flexibility index (Phi) is 3.94. The van der Waals surface area contributed by atoms with E-state index in [9.17, 15) is 9.18 Å². The SMILES string of the molecule is CCCc1cc(C(=O)O)nn1Cc1ccccc1F. The van der Waals surface area contributed by atoms with Gasteiger partial charge in [0, 0.05) is 11.3 Å². The lowest BCUT2D eigenvalue weighted by atomic mass is 10.2. The number of rotatable bonds is 5. The molecule has 0 unspecified atom stereocenters. The fourth-order valence-corrected chi connectivity index (χ4v) is 1.94. The van der Waals surface area contributed by atoms with E-state index in [0.717, 1.165) is 12.1 Å².